The second-order valence-electron chi connectivity index (χ2n) is 4.96. The highest BCUT2D eigenvalue weighted by Crippen LogP contribution is 2.35. The van der Waals surface area contributed by atoms with E-state index in [2.05, 4.69) is 16.9 Å². The van der Waals surface area contributed by atoms with Gasteiger partial charge in [0, 0.05) is 11.5 Å². The first-order valence-electron chi connectivity index (χ1n) is 6.33. The Kier molecular flexibility index (Phi) is 4.26. The molecule has 0 saturated heterocycles. The van der Waals surface area contributed by atoms with Crippen molar-refractivity contribution in [2.45, 2.75) is 51.9 Å². The monoisotopic (exact) mass is 272 g/mol. The van der Waals surface area contributed by atoms with E-state index in [1.165, 1.54) is 12.8 Å². The minimum Gasteiger partial charge on any atom is -0.221 e. The van der Waals surface area contributed by atoms with Gasteiger partial charge >= 0.3 is 0 Å². The highest BCUT2D eigenvalue weighted by molar-refractivity contribution is 6.34. The SMILES string of the molecule is CCc1c(Cl)nc(C2CCCC(C)C2)nc1Cl. The Bertz CT molecular complexity index is 383. The van der Waals surface area contributed by atoms with Gasteiger partial charge in [0.1, 0.15) is 16.1 Å². The molecule has 1 aromatic heterocycles. The van der Waals surface area contributed by atoms with Crippen molar-refractivity contribution in [2.75, 3.05) is 0 Å². The van der Waals surface area contributed by atoms with Gasteiger partial charge in [0.15, 0.2) is 0 Å². The van der Waals surface area contributed by atoms with Gasteiger partial charge in [0.05, 0.1) is 0 Å². The molecule has 1 heterocycles. The second kappa shape index (κ2) is 5.53. The molecular formula is C13H18Cl2N2. The largest absolute Gasteiger partial charge is 0.221 e. The van der Waals surface area contributed by atoms with Gasteiger partial charge in [0.25, 0.3) is 0 Å². The number of nitrogens with zero attached hydrogens (tertiary/aromatic N) is 2. The molecule has 94 valence electrons. The smallest absolute Gasteiger partial charge is 0.137 e. The van der Waals surface area contributed by atoms with E-state index in [4.69, 9.17) is 23.2 Å². The molecule has 1 fully saturated rings. The van der Waals surface area contributed by atoms with Gasteiger partial charge in [-0.2, -0.15) is 0 Å². The Morgan fingerprint density at radius 3 is 2.35 bits per heavy atom. The van der Waals surface area contributed by atoms with Crippen molar-refractivity contribution in [3.05, 3.63) is 21.7 Å². The first-order valence-corrected chi connectivity index (χ1v) is 7.09. The first-order chi connectivity index (χ1) is 8.11. The molecule has 0 bridgehead atoms. The standard InChI is InChI=1S/C13H18Cl2N2/c1-3-10-11(14)16-13(17-12(10)15)9-6-4-5-8(2)7-9/h8-9H,3-7H2,1-2H3. The summed E-state index contributed by atoms with van der Waals surface area (Å²) in [6.07, 6.45) is 5.64. The minimum absolute atomic E-state index is 0.430. The predicted octanol–water partition coefficient (Wildman–Crippen LogP) is 4.64. The van der Waals surface area contributed by atoms with Crippen LogP contribution in [0.4, 0.5) is 0 Å². The summed E-state index contributed by atoms with van der Waals surface area (Å²) in [5, 5.41) is 1.06. The van der Waals surface area contributed by atoms with Crippen LogP contribution in [0.5, 0.6) is 0 Å². The molecule has 17 heavy (non-hydrogen) atoms. The van der Waals surface area contributed by atoms with E-state index in [0.717, 1.165) is 36.6 Å². The second-order valence-corrected chi connectivity index (χ2v) is 5.68. The zero-order valence-corrected chi connectivity index (χ0v) is 11.9. The number of halogens is 2. The lowest BCUT2D eigenvalue weighted by atomic mass is 9.82. The Morgan fingerprint density at radius 1 is 1.18 bits per heavy atom. The highest BCUT2D eigenvalue weighted by Gasteiger charge is 2.24. The summed E-state index contributed by atoms with van der Waals surface area (Å²) < 4.78 is 0. The van der Waals surface area contributed by atoms with E-state index in [1.54, 1.807) is 0 Å². The van der Waals surface area contributed by atoms with Crippen molar-refractivity contribution < 1.29 is 0 Å². The molecule has 0 spiro atoms. The molecule has 1 aromatic rings. The molecule has 2 nitrogen and oxygen atoms in total. The fourth-order valence-corrected chi connectivity index (χ4v) is 3.26. The lowest BCUT2D eigenvalue weighted by Crippen LogP contribution is -2.15. The molecule has 2 rings (SSSR count). The van der Waals surface area contributed by atoms with E-state index in [0.29, 0.717) is 16.2 Å². The van der Waals surface area contributed by atoms with Crippen molar-refractivity contribution in [1.82, 2.24) is 9.97 Å². The fourth-order valence-electron chi connectivity index (χ4n) is 2.59. The summed E-state index contributed by atoms with van der Waals surface area (Å²) in [6, 6.07) is 0. The summed E-state index contributed by atoms with van der Waals surface area (Å²) in [5.41, 5.74) is 0.862. The summed E-state index contributed by atoms with van der Waals surface area (Å²) >= 11 is 12.3. The average Bonchev–Trinajstić information content (AvgIpc) is 2.28. The van der Waals surface area contributed by atoms with E-state index >= 15 is 0 Å². The normalized spacial score (nSPS) is 24.9. The van der Waals surface area contributed by atoms with Gasteiger partial charge in [-0.25, -0.2) is 9.97 Å². The maximum absolute atomic E-state index is 6.15. The first kappa shape index (κ1) is 13.1. The van der Waals surface area contributed by atoms with E-state index < -0.39 is 0 Å². The Labute approximate surface area is 113 Å². The van der Waals surface area contributed by atoms with Crippen molar-refractivity contribution >= 4 is 23.2 Å². The molecular weight excluding hydrogens is 255 g/mol. The maximum Gasteiger partial charge on any atom is 0.137 e. The van der Waals surface area contributed by atoms with Gasteiger partial charge < -0.3 is 0 Å². The minimum atomic E-state index is 0.430. The molecule has 0 radical (unpaired) electrons. The Morgan fingerprint density at radius 2 is 1.82 bits per heavy atom. The number of hydrogen-bond acceptors (Lipinski definition) is 2. The van der Waals surface area contributed by atoms with Crippen LogP contribution in [0.1, 0.15) is 56.8 Å². The van der Waals surface area contributed by atoms with Crippen molar-refractivity contribution in [3.8, 4) is 0 Å². The third-order valence-corrected chi connectivity index (χ3v) is 4.20. The molecule has 1 aliphatic rings. The van der Waals surface area contributed by atoms with Gasteiger partial charge in [-0.3, -0.25) is 0 Å². The summed E-state index contributed by atoms with van der Waals surface area (Å²) in [5.74, 6) is 2.02. The van der Waals surface area contributed by atoms with Crippen molar-refractivity contribution in [2.24, 2.45) is 5.92 Å². The zero-order valence-electron chi connectivity index (χ0n) is 10.3. The third kappa shape index (κ3) is 2.92. The molecule has 1 aliphatic carbocycles. The number of aromatic nitrogens is 2. The number of hydrogen-bond donors (Lipinski definition) is 0. The maximum atomic E-state index is 6.15. The summed E-state index contributed by atoms with van der Waals surface area (Å²) in [7, 11) is 0. The Balaban J connectivity index is 2.27. The van der Waals surface area contributed by atoms with Gasteiger partial charge in [-0.15, -0.1) is 0 Å². The predicted molar refractivity (Wildman–Crippen MR) is 71.8 cm³/mol. The fraction of sp³-hybridized carbons (Fsp3) is 0.692. The van der Waals surface area contributed by atoms with E-state index in [9.17, 15) is 0 Å². The Hall–Kier alpha value is -0.340. The molecule has 4 heteroatoms. The van der Waals surface area contributed by atoms with Crippen LogP contribution < -0.4 is 0 Å². The molecule has 0 aromatic carbocycles. The van der Waals surface area contributed by atoms with E-state index in [1.807, 2.05) is 6.92 Å². The molecule has 0 amide bonds. The van der Waals surface area contributed by atoms with Crippen LogP contribution in [0.25, 0.3) is 0 Å². The van der Waals surface area contributed by atoms with Gasteiger partial charge in [-0.1, -0.05) is 49.9 Å². The van der Waals surface area contributed by atoms with Crippen molar-refractivity contribution in [3.63, 3.8) is 0 Å². The molecule has 2 atom stereocenters. The topological polar surface area (TPSA) is 25.8 Å². The zero-order chi connectivity index (χ0) is 12.4. The van der Waals surface area contributed by atoms with Crippen molar-refractivity contribution in [1.29, 1.82) is 0 Å². The molecule has 1 saturated carbocycles. The quantitative estimate of drug-likeness (QED) is 0.733. The van der Waals surface area contributed by atoms with Crippen LogP contribution in [-0.2, 0) is 6.42 Å². The summed E-state index contributed by atoms with van der Waals surface area (Å²) in [4.78, 5) is 8.87. The molecule has 2 unspecified atom stereocenters. The van der Waals surface area contributed by atoms with Crippen LogP contribution in [-0.4, -0.2) is 9.97 Å². The van der Waals surface area contributed by atoms with Crippen LogP contribution in [0.2, 0.25) is 10.3 Å². The summed E-state index contributed by atoms with van der Waals surface area (Å²) in [6.45, 7) is 4.30. The van der Waals surface area contributed by atoms with Crippen LogP contribution in [0.15, 0.2) is 0 Å². The van der Waals surface area contributed by atoms with Crippen LogP contribution in [0.3, 0.4) is 0 Å². The molecule has 0 aliphatic heterocycles. The van der Waals surface area contributed by atoms with Gasteiger partial charge in [0.2, 0.25) is 0 Å². The van der Waals surface area contributed by atoms with Gasteiger partial charge in [-0.05, 0) is 25.2 Å². The highest BCUT2D eigenvalue weighted by atomic mass is 35.5. The molecule has 0 N–H and O–H groups in total. The lowest BCUT2D eigenvalue weighted by molar-refractivity contribution is 0.335. The van der Waals surface area contributed by atoms with Crippen LogP contribution in [0, 0.1) is 5.92 Å². The lowest BCUT2D eigenvalue weighted by Gasteiger charge is -2.25. The number of rotatable bonds is 2. The average molecular weight is 273 g/mol. The van der Waals surface area contributed by atoms with E-state index in [-0.39, 0.29) is 0 Å². The third-order valence-electron chi connectivity index (χ3n) is 3.58. The van der Waals surface area contributed by atoms with Crippen LogP contribution >= 0.6 is 23.2 Å².